The van der Waals surface area contributed by atoms with Crippen LogP contribution in [0.2, 0.25) is 0 Å². The quantitative estimate of drug-likeness (QED) is 0.368. The first-order valence-electron chi connectivity index (χ1n) is 10.9. The summed E-state index contributed by atoms with van der Waals surface area (Å²) in [7, 11) is -3.61. The molecule has 0 radical (unpaired) electrons. The fourth-order valence-electron chi connectivity index (χ4n) is 3.24. The van der Waals surface area contributed by atoms with E-state index in [1.165, 1.54) is 18.2 Å². The first-order chi connectivity index (χ1) is 17.1. The lowest BCUT2D eigenvalue weighted by molar-refractivity contribution is -0.141. The number of halogens is 3. The van der Waals surface area contributed by atoms with E-state index in [0.29, 0.717) is 17.7 Å². The number of aromatic nitrogens is 1. The maximum Gasteiger partial charge on any atom is 0.433 e. The number of carbonyl (C=O) groups excluding carboxylic acids is 1. The number of hydrogen-bond donors (Lipinski definition) is 2. The van der Waals surface area contributed by atoms with Gasteiger partial charge in [-0.05, 0) is 53.8 Å². The zero-order chi connectivity index (χ0) is 26.2. The number of anilines is 1. The third kappa shape index (κ3) is 8.09. The Labute approximate surface area is 207 Å². The Morgan fingerprint density at radius 3 is 2.28 bits per heavy atom. The SMILES string of the molecule is C=CS(=O)(=O)Nc1ccc(CNC(=O)/C=C\c2ccc(C(F)(F)F)nc2CCc2ccccc2)cc1. The zero-order valence-corrected chi connectivity index (χ0v) is 19.9. The molecule has 36 heavy (non-hydrogen) atoms. The molecule has 0 spiro atoms. The lowest BCUT2D eigenvalue weighted by Crippen LogP contribution is -2.20. The van der Waals surface area contributed by atoms with Gasteiger partial charge in [-0.1, -0.05) is 55.1 Å². The largest absolute Gasteiger partial charge is 0.433 e. The van der Waals surface area contributed by atoms with Gasteiger partial charge < -0.3 is 5.32 Å². The lowest BCUT2D eigenvalue weighted by atomic mass is 10.0. The number of nitrogens with one attached hydrogen (secondary N) is 2. The van der Waals surface area contributed by atoms with E-state index in [9.17, 15) is 26.4 Å². The summed E-state index contributed by atoms with van der Waals surface area (Å²) >= 11 is 0. The zero-order valence-electron chi connectivity index (χ0n) is 19.1. The molecule has 0 atom stereocenters. The summed E-state index contributed by atoms with van der Waals surface area (Å²) < 4.78 is 64.9. The molecule has 0 bridgehead atoms. The van der Waals surface area contributed by atoms with Crippen molar-refractivity contribution < 1.29 is 26.4 Å². The molecule has 1 amide bonds. The molecular weight excluding hydrogens is 491 g/mol. The Hall–Kier alpha value is -3.92. The molecule has 6 nitrogen and oxygen atoms in total. The van der Waals surface area contributed by atoms with E-state index in [1.807, 2.05) is 30.3 Å². The van der Waals surface area contributed by atoms with Gasteiger partial charge in [-0.2, -0.15) is 13.2 Å². The van der Waals surface area contributed by atoms with Gasteiger partial charge in [0.15, 0.2) is 0 Å². The summed E-state index contributed by atoms with van der Waals surface area (Å²) in [5.74, 6) is -0.444. The Bertz CT molecular complexity index is 1340. The summed E-state index contributed by atoms with van der Waals surface area (Å²) in [6, 6.07) is 17.9. The summed E-state index contributed by atoms with van der Waals surface area (Å²) in [4.78, 5) is 16.1. The Morgan fingerprint density at radius 2 is 1.64 bits per heavy atom. The topological polar surface area (TPSA) is 88.2 Å². The molecule has 1 heterocycles. The van der Waals surface area contributed by atoms with E-state index < -0.39 is 27.8 Å². The number of alkyl halides is 3. The molecule has 1 aromatic heterocycles. The molecule has 188 valence electrons. The monoisotopic (exact) mass is 515 g/mol. The van der Waals surface area contributed by atoms with Crippen molar-refractivity contribution in [3.8, 4) is 0 Å². The maximum absolute atomic E-state index is 13.2. The molecule has 3 rings (SSSR count). The molecule has 0 saturated carbocycles. The molecule has 2 N–H and O–H groups in total. The molecular formula is C26H24F3N3O3S. The van der Waals surface area contributed by atoms with Crippen LogP contribution in [0.25, 0.3) is 6.08 Å². The van der Waals surface area contributed by atoms with Gasteiger partial charge in [0.25, 0.3) is 10.0 Å². The van der Waals surface area contributed by atoms with Crippen molar-refractivity contribution in [2.45, 2.75) is 25.6 Å². The van der Waals surface area contributed by atoms with Crippen LogP contribution in [0, 0.1) is 0 Å². The highest BCUT2D eigenvalue weighted by Gasteiger charge is 2.32. The van der Waals surface area contributed by atoms with Gasteiger partial charge in [0.2, 0.25) is 5.91 Å². The van der Waals surface area contributed by atoms with E-state index in [2.05, 4.69) is 21.6 Å². The molecule has 3 aromatic rings. The highest BCUT2D eigenvalue weighted by Crippen LogP contribution is 2.29. The Kier molecular flexibility index (Phi) is 8.65. The molecule has 0 aliphatic carbocycles. The van der Waals surface area contributed by atoms with Gasteiger partial charge in [-0.15, -0.1) is 0 Å². The van der Waals surface area contributed by atoms with E-state index in [-0.39, 0.29) is 18.7 Å². The maximum atomic E-state index is 13.2. The molecule has 2 aromatic carbocycles. The highest BCUT2D eigenvalue weighted by atomic mass is 32.2. The number of nitrogens with zero attached hydrogens (tertiary/aromatic N) is 1. The van der Waals surface area contributed by atoms with Crippen molar-refractivity contribution >= 4 is 27.7 Å². The second-order valence-corrected chi connectivity index (χ2v) is 9.41. The van der Waals surface area contributed by atoms with Gasteiger partial charge in [0, 0.05) is 29.4 Å². The van der Waals surface area contributed by atoms with Crippen LogP contribution >= 0.6 is 0 Å². The molecule has 0 fully saturated rings. The van der Waals surface area contributed by atoms with Gasteiger partial charge in [0.05, 0.1) is 0 Å². The number of hydrogen-bond acceptors (Lipinski definition) is 4. The lowest BCUT2D eigenvalue weighted by Gasteiger charge is -2.11. The first-order valence-corrected chi connectivity index (χ1v) is 12.4. The van der Waals surface area contributed by atoms with E-state index >= 15 is 0 Å². The van der Waals surface area contributed by atoms with Crippen molar-refractivity contribution in [1.29, 1.82) is 0 Å². The van der Waals surface area contributed by atoms with E-state index in [1.54, 1.807) is 24.3 Å². The summed E-state index contributed by atoms with van der Waals surface area (Å²) in [6.45, 7) is 3.39. The van der Waals surface area contributed by atoms with Crippen LogP contribution in [0.15, 0.2) is 84.8 Å². The van der Waals surface area contributed by atoms with Crippen LogP contribution in [-0.2, 0) is 40.4 Å². The van der Waals surface area contributed by atoms with Crippen molar-refractivity contribution in [1.82, 2.24) is 10.3 Å². The number of amides is 1. The molecule has 0 unspecified atom stereocenters. The van der Waals surface area contributed by atoms with Crippen LogP contribution in [0.3, 0.4) is 0 Å². The van der Waals surface area contributed by atoms with Crippen molar-refractivity contribution in [3.05, 3.63) is 113 Å². The normalized spacial score (nSPS) is 11.9. The second kappa shape index (κ2) is 11.7. The highest BCUT2D eigenvalue weighted by molar-refractivity contribution is 7.95. The number of rotatable bonds is 10. The minimum absolute atomic E-state index is 0.170. The van der Waals surface area contributed by atoms with Crippen molar-refractivity contribution in [3.63, 3.8) is 0 Å². The summed E-state index contributed by atoms with van der Waals surface area (Å²) in [5, 5.41) is 3.48. The van der Waals surface area contributed by atoms with E-state index in [4.69, 9.17) is 0 Å². The number of carbonyl (C=O) groups is 1. The average molecular weight is 516 g/mol. The van der Waals surface area contributed by atoms with Crippen LogP contribution in [-0.4, -0.2) is 19.3 Å². The number of sulfonamides is 1. The third-order valence-electron chi connectivity index (χ3n) is 5.11. The summed E-state index contributed by atoms with van der Waals surface area (Å²) in [5.41, 5.74) is 1.72. The molecule has 0 saturated heterocycles. The van der Waals surface area contributed by atoms with Crippen LogP contribution in [0.5, 0.6) is 0 Å². The third-order valence-corrected chi connectivity index (χ3v) is 6.07. The fraction of sp³-hybridized carbons (Fsp3) is 0.154. The average Bonchev–Trinajstić information content (AvgIpc) is 2.86. The molecule has 10 heteroatoms. The van der Waals surface area contributed by atoms with Crippen LogP contribution in [0.1, 0.15) is 28.1 Å². The Morgan fingerprint density at radius 1 is 0.944 bits per heavy atom. The van der Waals surface area contributed by atoms with E-state index in [0.717, 1.165) is 22.6 Å². The minimum atomic E-state index is -4.57. The smallest absolute Gasteiger partial charge is 0.348 e. The minimum Gasteiger partial charge on any atom is -0.348 e. The predicted molar refractivity (Wildman–Crippen MR) is 133 cm³/mol. The second-order valence-electron chi connectivity index (χ2n) is 7.78. The van der Waals surface area contributed by atoms with Gasteiger partial charge in [0.1, 0.15) is 5.69 Å². The summed E-state index contributed by atoms with van der Waals surface area (Å²) in [6.07, 6.45) is -1.11. The number of benzene rings is 2. The van der Waals surface area contributed by atoms with Crippen LogP contribution in [0.4, 0.5) is 18.9 Å². The van der Waals surface area contributed by atoms with Crippen molar-refractivity contribution in [2.24, 2.45) is 0 Å². The van der Waals surface area contributed by atoms with Crippen LogP contribution < -0.4 is 10.0 Å². The molecule has 0 aliphatic heterocycles. The van der Waals surface area contributed by atoms with Gasteiger partial charge >= 0.3 is 6.18 Å². The van der Waals surface area contributed by atoms with Gasteiger partial charge in [-0.25, -0.2) is 13.4 Å². The van der Waals surface area contributed by atoms with Crippen molar-refractivity contribution in [2.75, 3.05) is 4.72 Å². The number of aryl methyl sites for hydroxylation is 2. The number of pyridine rings is 1. The van der Waals surface area contributed by atoms with Gasteiger partial charge in [-0.3, -0.25) is 9.52 Å². The Balaban J connectivity index is 1.65. The first kappa shape index (κ1) is 26.7. The standard InChI is InChI=1S/C26H24F3N3O3S/c1-2-36(34,35)32-22-13-8-20(9-14-22)18-30-25(33)17-12-21-11-16-24(26(27,28)29)31-23(21)15-10-19-6-4-3-5-7-19/h2-9,11-14,16-17,32H,1,10,15,18H2,(H,30,33)/b17-12-. The fourth-order valence-corrected chi connectivity index (χ4v) is 3.79. The predicted octanol–water partition coefficient (Wildman–Crippen LogP) is 5.10. The molecule has 0 aliphatic rings.